The Morgan fingerprint density at radius 1 is 1.33 bits per heavy atom. The maximum Gasteiger partial charge on any atom is 0.107 e. The lowest BCUT2D eigenvalue weighted by atomic mass is 10.1. The Balaban J connectivity index is 2.20. The molecule has 18 heavy (non-hydrogen) atoms. The Bertz CT molecular complexity index is 557. The third kappa shape index (κ3) is 3.05. The second-order valence-corrected chi connectivity index (χ2v) is 5.04. The van der Waals surface area contributed by atoms with Gasteiger partial charge in [-0.3, -0.25) is 4.98 Å². The van der Waals surface area contributed by atoms with Crippen LogP contribution in [0.1, 0.15) is 11.1 Å². The first kappa shape index (κ1) is 13.0. The first-order valence-electron chi connectivity index (χ1n) is 5.39. The fourth-order valence-electron chi connectivity index (χ4n) is 1.62. The first-order chi connectivity index (χ1) is 8.68. The highest BCUT2D eigenvalue weighted by atomic mass is 79.9. The lowest BCUT2D eigenvalue weighted by Crippen LogP contribution is -2.14. The minimum absolute atomic E-state index is 0.371. The molecule has 0 fully saturated rings. The van der Waals surface area contributed by atoms with Crippen LogP contribution in [0.3, 0.4) is 0 Å². The van der Waals surface area contributed by atoms with Gasteiger partial charge in [0.15, 0.2) is 0 Å². The number of pyridine rings is 1. The van der Waals surface area contributed by atoms with Crippen LogP contribution in [0.15, 0.2) is 47.2 Å². The number of aromatic nitrogens is 1. The van der Waals surface area contributed by atoms with Crippen LogP contribution in [0.5, 0.6) is 0 Å². The second kappa shape index (κ2) is 5.93. The predicted octanol–water partition coefficient (Wildman–Crippen LogP) is 3.09. The van der Waals surface area contributed by atoms with Crippen molar-refractivity contribution in [2.45, 2.75) is 6.54 Å². The summed E-state index contributed by atoms with van der Waals surface area (Å²) in [6.07, 6.45) is 3.58. The number of hydrogen-bond acceptors (Lipinski definition) is 3. The smallest absolute Gasteiger partial charge is 0.107 e. The van der Waals surface area contributed by atoms with Gasteiger partial charge in [0.2, 0.25) is 0 Å². The summed E-state index contributed by atoms with van der Waals surface area (Å²) >= 11 is 8.52. The van der Waals surface area contributed by atoms with E-state index in [9.17, 15) is 0 Å². The highest BCUT2D eigenvalue weighted by molar-refractivity contribution is 9.10. The Labute approximate surface area is 120 Å². The molecule has 1 heterocycles. The van der Waals surface area contributed by atoms with Gasteiger partial charge >= 0.3 is 0 Å². The number of anilines is 1. The summed E-state index contributed by atoms with van der Waals surface area (Å²) in [6.45, 7) is 0.680. The third-order valence-electron chi connectivity index (χ3n) is 2.47. The molecule has 2 rings (SSSR count). The van der Waals surface area contributed by atoms with Crippen LogP contribution in [-0.4, -0.2) is 9.97 Å². The number of rotatable bonds is 4. The molecular formula is C13H12BrN3S. The largest absolute Gasteiger partial charge is 0.389 e. The Kier molecular flexibility index (Phi) is 4.28. The third-order valence-corrected chi connectivity index (χ3v) is 3.33. The highest BCUT2D eigenvalue weighted by Gasteiger charge is 2.08. The molecule has 2 aromatic rings. The Morgan fingerprint density at radius 3 is 2.83 bits per heavy atom. The van der Waals surface area contributed by atoms with Crippen molar-refractivity contribution in [1.29, 1.82) is 0 Å². The van der Waals surface area contributed by atoms with Crippen molar-refractivity contribution in [2.24, 2.45) is 5.73 Å². The topological polar surface area (TPSA) is 50.9 Å². The minimum atomic E-state index is 0.371. The highest BCUT2D eigenvalue weighted by Crippen LogP contribution is 2.25. The maximum atomic E-state index is 5.73. The van der Waals surface area contributed by atoms with Crippen LogP contribution in [0, 0.1) is 0 Å². The summed E-state index contributed by atoms with van der Waals surface area (Å²) in [5.74, 6) is 0. The number of nitrogens with zero attached hydrogens (tertiary/aromatic N) is 1. The average Bonchev–Trinajstić information content (AvgIpc) is 2.37. The van der Waals surface area contributed by atoms with Crippen LogP contribution in [-0.2, 0) is 6.54 Å². The average molecular weight is 322 g/mol. The lowest BCUT2D eigenvalue weighted by molar-refractivity contribution is 1.11. The van der Waals surface area contributed by atoms with Gasteiger partial charge in [-0.2, -0.15) is 0 Å². The minimum Gasteiger partial charge on any atom is -0.389 e. The quantitative estimate of drug-likeness (QED) is 0.850. The van der Waals surface area contributed by atoms with E-state index in [0.29, 0.717) is 11.5 Å². The number of nitrogens with two attached hydrogens (primary N) is 1. The van der Waals surface area contributed by atoms with Crippen molar-refractivity contribution in [1.82, 2.24) is 4.98 Å². The lowest BCUT2D eigenvalue weighted by Gasteiger charge is -2.12. The molecule has 92 valence electrons. The number of benzene rings is 1. The van der Waals surface area contributed by atoms with E-state index >= 15 is 0 Å². The van der Waals surface area contributed by atoms with Crippen molar-refractivity contribution in [3.8, 4) is 0 Å². The molecule has 0 atom stereocenters. The fourth-order valence-corrected chi connectivity index (χ4v) is 2.55. The SMILES string of the molecule is NC(=S)c1c(Br)cccc1NCc1cccnc1. The number of nitrogens with one attached hydrogen (secondary N) is 1. The zero-order valence-electron chi connectivity index (χ0n) is 9.56. The van der Waals surface area contributed by atoms with Crippen molar-refractivity contribution in [3.63, 3.8) is 0 Å². The van der Waals surface area contributed by atoms with Crippen LogP contribution < -0.4 is 11.1 Å². The summed E-state index contributed by atoms with van der Waals surface area (Å²) in [5.41, 5.74) is 8.58. The van der Waals surface area contributed by atoms with E-state index in [4.69, 9.17) is 18.0 Å². The van der Waals surface area contributed by atoms with Gasteiger partial charge < -0.3 is 11.1 Å². The molecule has 0 radical (unpaired) electrons. The zero-order chi connectivity index (χ0) is 13.0. The van der Waals surface area contributed by atoms with Gasteiger partial charge in [0.1, 0.15) is 4.99 Å². The summed E-state index contributed by atoms with van der Waals surface area (Å²) < 4.78 is 0.895. The summed E-state index contributed by atoms with van der Waals surface area (Å²) in [7, 11) is 0. The summed E-state index contributed by atoms with van der Waals surface area (Å²) in [6, 6.07) is 9.74. The Morgan fingerprint density at radius 2 is 2.17 bits per heavy atom. The van der Waals surface area contributed by atoms with Crippen molar-refractivity contribution < 1.29 is 0 Å². The molecule has 0 aliphatic rings. The molecule has 0 aliphatic carbocycles. The van der Waals surface area contributed by atoms with E-state index < -0.39 is 0 Å². The van der Waals surface area contributed by atoms with Gasteiger partial charge in [-0.1, -0.05) is 24.4 Å². The van der Waals surface area contributed by atoms with Crippen LogP contribution in [0.4, 0.5) is 5.69 Å². The molecule has 0 unspecified atom stereocenters. The van der Waals surface area contributed by atoms with Crippen molar-refractivity contribution in [3.05, 3.63) is 58.3 Å². The number of hydrogen-bond donors (Lipinski definition) is 2. The standard InChI is InChI=1S/C13H12BrN3S/c14-10-4-1-5-11(12(10)13(15)18)17-8-9-3-2-6-16-7-9/h1-7,17H,8H2,(H2,15,18). The van der Waals surface area contributed by atoms with Gasteiger partial charge in [0.25, 0.3) is 0 Å². The van der Waals surface area contributed by atoms with E-state index in [1.165, 1.54) is 0 Å². The molecule has 5 heteroatoms. The van der Waals surface area contributed by atoms with E-state index in [2.05, 4.69) is 26.2 Å². The molecule has 0 spiro atoms. The molecular weight excluding hydrogens is 310 g/mol. The fraction of sp³-hybridized carbons (Fsp3) is 0.0769. The van der Waals surface area contributed by atoms with E-state index in [1.54, 1.807) is 6.20 Å². The first-order valence-corrected chi connectivity index (χ1v) is 6.59. The van der Waals surface area contributed by atoms with Crippen LogP contribution in [0.2, 0.25) is 0 Å². The van der Waals surface area contributed by atoms with E-state index in [1.807, 2.05) is 36.5 Å². The van der Waals surface area contributed by atoms with E-state index in [-0.39, 0.29) is 0 Å². The molecule has 3 nitrogen and oxygen atoms in total. The molecule has 3 N–H and O–H groups in total. The monoisotopic (exact) mass is 321 g/mol. The van der Waals surface area contributed by atoms with Crippen LogP contribution in [0.25, 0.3) is 0 Å². The number of thiocarbonyl (C=S) groups is 1. The molecule has 0 saturated carbocycles. The van der Waals surface area contributed by atoms with Gasteiger partial charge in [0.05, 0.1) is 0 Å². The molecule has 1 aromatic heterocycles. The van der Waals surface area contributed by atoms with Crippen molar-refractivity contribution >= 4 is 38.8 Å². The maximum absolute atomic E-state index is 5.73. The normalized spacial score (nSPS) is 10.1. The Hall–Kier alpha value is -1.46. The molecule has 0 aliphatic heterocycles. The summed E-state index contributed by atoms with van der Waals surface area (Å²) in [5, 5.41) is 3.31. The van der Waals surface area contributed by atoms with Gasteiger partial charge in [-0.25, -0.2) is 0 Å². The second-order valence-electron chi connectivity index (χ2n) is 3.74. The van der Waals surface area contributed by atoms with Gasteiger partial charge in [-0.15, -0.1) is 0 Å². The molecule has 0 bridgehead atoms. The van der Waals surface area contributed by atoms with Gasteiger partial charge in [0, 0.05) is 34.7 Å². The molecule has 1 aromatic carbocycles. The van der Waals surface area contributed by atoms with Gasteiger partial charge in [-0.05, 0) is 39.7 Å². The molecule has 0 saturated heterocycles. The van der Waals surface area contributed by atoms with E-state index in [0.717, 1.165) is 21.3 Å². The van der Waals surface area contributed by atoms with Crippen molar-refractivity contribution in [2.75, 3.05) is 5.32 Å². The number of halogens is 1. The zero-order valence-corrected chi connectivity index (χ0v) is 12.0. The van der Waals surface area contributed by atoms with Crippen LogP contribution >= 0.6 is 28.1 Å². The predicted molar refractivity (Wildman–Crippen MR) is 81.6 cm³/mol. The summed E-state index contributed by atoms with van der Waals surface area (Å²) in [4.78, 5) is 4.44. The molecule has 0 amide bonds.